The van der Waals surface area contributed by atoms with E-state index in [9.17, 15) is 0 Å². The topological polar surface area (TPSA) is 0 Å². The quantitative estimate of drug-likeness (QED) is 0.0442. The molecular weight excluding hydrogens is 873 g/mol. The summed E-state index contributed by atoms with van der Waals surface area (Å²) in [6.45, 7) is 0. The second kappa shape index (κ2) is 30.6. The van der Waals surface area contributed by atoms with Crippen LogP contribution in [0.3, 0.4) is 0 Å². The maximum absolute atomic E-state index is 2.30. The van der Waals surface area contributed by atoms with Crippen LogP contribution in [0.1, 0.15) is 315 Å². The summed E-state index contributed by atoms with van der Waals surface area (Å²) in [6, 6.07) is 0. The van der Waals surface area contributed by atoms with Crippen molar-refractivity contribution in [1.82, 2.24) is 0 Å². The maximum Gasteiger partial charge on any atom is 0.0172 e. The zero-order valence-corrected chi connectivity index (χ0v) is 47.0. The van der Waals surface area contributed by atoms with E-state index < -0.39 is 0 Å². The van der Waals surface area contributed by atoms with Crippen LogP contribution in [0.4, 0.5) is 0 Å². The van der Waals surface area contributed by atoms with E-state index in [1.165, 1.54) is 186 Å². The number of unbranched alkanes of at least 4 members (excludes halogenated alkanes) is 25. The minimum Gasteiger partial charge on any atom is -0.153 e. The maximum atomic E-state index is 2.30. The third-order valence-corrected chi connectivity index (χ3v) is 25.9. The minimum atomic E-state index is 0.661. The van der Waals surface area contributed by atoms with Gasteiger partial charge in [-0.2, -0.15) is 47.0 Å². The number of thioether (sulfide) groups is 4. The van der Waals surface area contributed by atoms with E-state index in [0.29, 0.717) is 5.41 Å². The van der Waals surface area contributed by atoms with Crippen molar-refractivity contribution in [3.05, 3.63) is 0 Å². The largest absolute Gasteiger partial charge is 0.153 e. The highest BCUT2D eigenvalue weighted by atomic mass is 32.2. The molecule has 4 saturated heterocycles. The molecule has 0 N–H and O–H groups in total. The average Bonchev–Trinajstić information content (AvgIpc) is 4.13. The van der Waals surface area contributed by atoms with Gasteiger partial charge in [0.15, 0.2) is 0 Å². The summed E-state index contributed by atoms with van der Waals surface area (Å²) in [5.74, 6) is 4.34. The molecular formula is C62H110S4. The Labute approximate surface area is 429 Å². The molecule has 4 heteroatoms. The Hall–Kier alpha value is 1.40. The van der Waals surface area contributed by atoms with Gasteiger partial charge in [-0.3, -0.25) is 0 Å². The van der Waals surface area contributed by atoms with Gasteiger partial charge >= 0.3 is 0 Å². The Balaban J connectivity index is 0.715. The van der Waals surface area contributed by atoms with Crippen molar-refractivity contribution in [2.75, 3.05) is 0 Å². The Morgan fingerprint density at radius 1 is 0.212 bits per heavy atom. The Morgan fingerprint density at radius 3 is 0.621 bits per heavy atom. The number of fused-ring (bicyclic) bond motifs is 4. The first-order valence-electron chi connectivity index (χ1n) is 31.3. The van der Waals surface area contributed by atoms with Gasteiger partial charge in [0.1, 0.15) is 0 Å². The lowest BCUT2D eigenvalue weighted by Gasteiger charge is -2.35. The van der Waals surface area contributed by atoms with Crippen LogP contribution in [0, 0.1) is 29.1 Å². The summed E-state index contributed by atoms with van der Waals surface area (Å²) in [5.41, 5.74) is 0.661. The Bertz CT molecular complexity index is 1160. The first-order chi connectivity index (χ1) is 32.7. The van der Waals surface area contributed by atoms with Crippen LogP contribution in [-0.2, 0) is 0 Å². The van der Waals surface area contributed by atoms with Crippen LogP contribution in [0.25, 0.3) is 0 Å². The monoisotopic (exact) mass is 983 g/mol. The molecule has 0 bridgehead atoms. The average molecular weight is 984 g/mol. The van der Waals surface area contributed by atoms with E-state index in [-0.39, 0.29) is 0 Å². The van der Waals surface area contributed by atoms with Gasteiger partial charge in [-0.05, 0) is 132 Å². The smallest absolute Gasteiger partial charge is 0.0172 e. The van der Waals surface area contributed by atoms with Crippen LogP contribution in [0.15, 0.2) is 0 Å². The van der Waals surface area contributed by atoms with Gasteiger partial charge in [0.05, 0.1) is 0 Å². The van der Waals surface area contributed by atoms with Crippen molar-refractivity contribution in [2.24, 2.45) is 29.1 Å². The zero-order valence-electron chi connectivity index (χ0n) is 43.7. The molecule has 0 spiro atoms. The van der Waals surface area contributed by atoms with Crippen molar-refractivity contribution in [3.8, 4) is 0 Å². The fourth-order valence-corrected chi connectivity index (χ4v) is 20.2. The second-order valence-electron chi connectivity index (χ2n) is 25.5. The normalized spacial score (nSPS) is 33.6. The van der Waals surface area contributed by atoms with E-state index in [1.807, 2.05) is 0 Å². The van der Waals surface area contributed by atoms with Gasteiger partial charge in [-0.1, -0.05) is 212 Å². The molecule has 0 aromatic carbocycles. The van der Waals surface area contributed by atoms with Crippen molar-refractivity contribution in [1.29, 1.82) is 0 Å². The van der Waals surface area contributed by atoms with E-state index in [4.69, 9.17) is 0 Å². The van der Waals surface area contributed by atoms with E-state index in [0.717, 1.165) is 65.7 Å². The molecule has 8 aliphatic rings. The SMILES string of the molecule is C(CCCCCC(CCCCCCCCCC1CCC2SC2C1)(CCCCCCCCCC1CCC2SC2C1)CCCCCCCCCC1CCC2SC2C1)CCCCC1CCC2SC2C1. The number of hydrogen-bond donors (Lipinski definition) is 0. The number of rotatable bonds is 41. The lowest BCUT2D eigenvalue weighted by atomic mass is 9.70. The molecule has 0 amide bonds. The molecule has 8 rings (SSSR count). The van der Waals surface area contributed by atoms with Crippen LogP contribution in [0.2, 0.25) is 0 Å². The predicted molar refractivity (Wildman–Crippen MR) is 303 cm³/mol. The molecule has 12 atom stereocenters. The zero-order chi connectivity index (χ0) is 44.9. The van der Waals surface area contributed by atoms with Crippen LogP contribution in [0.5, 0.6) is 0 Å². The van der Waals surface area contributed by atoms with Gasteiger partial charge in [0.2, 0.25) is 0 Å². The van der Waals surface area contributed by atoms with E-state index in [2.05, 4.69) is 47.0 Å². The van der Waals surface area contributed by atoms with Crippen molar-refractivity contribution in [2.45, 2.75) is 357 Å². The summed E-state index contributed by atoms with van der Waals surface area (Å²) in [7, 11) is 0. The standard InChI is InChI=1S/C62H110S4/c1(6-14-22-30-50-34-38-54-58(46-50)63-54)2-10-18-26-42-62(43-27-19-11-3-7-15-23-31-51-35-39-55-59(47-51)64-55,44-28-20-12-4-8-16-24-32-52-36-40-56-60(48-52)65-56)45-29-21-13-5-9-17-25-33-53-37-41-57-61(49-53)66-57/h50-61H,1-49H2. The number of hydrogen-bond acceptors (Lipinski definition) is 4. The van der Waals surface area contributed by atoms with E-state index in [1.54, 1.807) is 128 Å². The van der Waals surface area contributed by atoms with Crippen molar-refractivity contribution in [3.63, 3.8) is 0 Å². The molecule has 4 heterocycles. The summed E-state index contributed by atoms with van der Waals surface area (Å²) >= 11 is 9.20. The van der Waals surface area contributed by atoms with Gasteiger partial charge in [-0.15, -0.1) is 0 Å². The molecule has 12 unspecified atom stereocenters. The molecule has 0 aromatic rings. The molecule has 382 valence electrons. The molecule has 4 aliphatic heterocycles. The minimum absolute atomic E-state index is 0.661. The Kier molecular flexibility index (Phi) is 24.9. The van der Waals surface area contributed by atoms with Gasteiger partial charge in [0.25, 0.3) is 0 Å². The Morgan fingerprint density at radius 2 is 0.409 bits per heavy atom. The highest BCUT2D eigenvalue weighted by Gasteiger charge is 2.45. The van der Waals surface area contributed by atoms with Crippen LogP contribution < -0.4 is 0 Å². The highest BCUT2D eigenvalue weighted by Crippen LogP contribution is 2.56. The molecule has 4 saturated carbocycles. The summed E-state index contributed by atoms with van der Waals surface area (Å²) in [5, 5.41) is 8.69. The third-order valence-electron chi connectivity index (χ3n) is 20.0. The lowest BCUT2D eigenvalue weighted by molar-refractivity contribution is 0.171. The van der Waals surface area contributed by atoms with Crippen molar-refractivity contribution < 1.29 is 0 Å². The molecule has 4 aliphatic carbocycles. The predicted octanol–water partition coefficient (Wildman–Crippen LogP) is 21.5. The molecule has 0 aromatic heterocycles. The molecule has 0 nitrogen and oxygen atoms in total. The first-order valence-corrected chi connectivity index (χ1v) is 35.1. The summed E-state index contributed by atoms with van der Waals surface area (Å²) < 4.78 is 0. The van der Waals surface area contributed by atoms with Crippen LogP contribution in [-0.4, -0.2) is 42.0 Å². The fraction of sp³-hybridized carbons (Fsp3) is 1.00. The second-order valence-corrected chi connectivity index (χ2v) is 31.4. The van der Waals surface area contributed by atoms with E-state index >= 15 is 0 Å². The molecule has 66 heavy (non-hydrogen) atoms. The fourth-order valence-electron chi connectivity index (χ4n) is 15.2. The van der Waals surface area contributed by atoms with Gasteiger partial charge in [0, 0.05) is 42.0 Å². The van der Waals surface area contributed by atoms with Crippen LogP contribution >= 0.6 is 47.0 Å². The molecule has 8 fully saturated rings. The highest BCUT2D eigenvalue weighted by molar-refractivity contribution is 8.08. The third kappa shape index (κ3) is 20.7. The lowest BCUT2D eigenvalue weighted by Crippen LogP contribution is -2.21. The van der Waals surface area contributed by atoms with Gasteiger partial charge in [-0.25, -0.2) is 0 Å². The first kappa shape index (κ1) is 53.7. The van der Waals surface area contributed by atoms with Gasteiger partial charge < -0.3 is 0 Å². The summed E-state index contributed by atoms with van der Waals surface area (Å²) in [6.07, 6.45) is 75.2. The van der Waals surface area contributed by atoms with Crippen molar-refractivity contribution >= 4 is 47.0 Å². The molecule has 0 radical (unpaired) electrons. The summed E-state index contributed by atoms with van der Waals surface area (Å²) in [4.78, 5) is 0.